The standard InChI is InChI=1S/C16H16Cl2N4O4S.Li.H/c1-5-9(17)10(18)12(19-5)14(24)21-11-6-2-22(3-7(6)11)16-20-8(4-23)13(27-16)15(25)26;;/h6-7,11,19,23H,2-4H2,1H3,(H,21,24)(H,25,26);;/q;+1;-1/t6-,7+,11?;;. The van der Waals surface area contributed by atoms with Crippen molar-refractivity contribution in [1.82, 2.24) is 15.3 Å². The van der Waals surface area contributed by atoms with Gasteiger partial charge in [-0.25, -0.2) is 9.78 Å². The van der Waals surface area contributed by atoms with Crippen LogP contribution in [0.2, 0.25) is 10.0 Å². The number of thiazole rings is 1. The average Bonchev–Trinajstić information content (AvgIpc) is 3.05. The molecule has 1 aliphatic carbocycles. The number of piperidine rings is 1. The third-order valence-electron chi connectivity index (χ3n) is 5.07. The first-order valence-electron chi connectivity index (χ1n) is 8.25. The molecule has 4 N–H and O–H groups in total. The first-order valence-corrected chi connectivity index (χ1v) is 9.82. The summed E-state index contributed by atoms with van der Waals surface area (Å²) >= 11 is 13.2. The minimum atomic E-state index is -1.09. The molecule has 1 saturated heterocycles. The van der Waals surface area contributed by atoms with Gasteiger partial charge in [-0.1, -0.05) is 34.5 Å². The molecule has 8 nitrogen and oxygen atoms in total. The van der Waals surface area contributed by atoms with Gasteiger partial charge in [-0.2, -0.15) is 0 Å². The molecule has 2 aliphatic rings. The van der Waals surface area contributed by atoms with Gasteiger partial charge in [0.05, 0.1) is 22.3 Å². The van der Waals surface area contributed by atoms with Gasteiger partial charge in [0.25, 0.3) is 5.91 Å². The first-order chi connectivity index (χ1) is 12.8. The second kappa shape index (κ2) is 7.90. The predicted octanol–water partition coefficient (Wildman–Crippen LogP) is -0.742. The Hall–Kier alpha value is -1.21. The smallest absolute Gasteiger partial charge is 1.00 e. The summed E-state index contributed by atoms with van der Waals surface area (Å²) in [6.07, 6.45) is 0. The fourth-order valence-corrected chi connectivity index (χ4v) is 4.95. The van der Waals surface area contributed by atoms with Crippen LogP contribution >= 0.6 is 34.5 Å². The Morgan fingerprint density at radius 3 is 2.46 bits per heavy atom. The zero-order valence-electron chi connectivity index (χ0n) is 16.1. The van der Waals surface area contributed by atoms with E-state index in [1.165, 1.54) is 0 Å². The number of aliphatic hydroxyl groups excluding tert-OH is 1. The van der Waals surface area contributed by atoms with Crippen LogP contribution in [-0.4, -0.2) is 51.2 Å². The number of aliphatic hydroxyl groups is 1. The van der Waals surface area contributed by atoms with Gasteiger partial charge < -0.3 is 26.8 Å². The van der Waals surface area contributed by atoms with Gasteiger partial charge >= 0.3 is 24.8 Å². The number of anilines is 1. The van der Waals surface area contributed by atoms with Gasteiger partial charge in [-0.05, 0) is 6.92 Å². The number of hydrogen-bond donors (Lipinski definition) is 4. The molecule has 1 aliphatic heterocycles. The molecule has 0 aromatic carbocycles. The van der Waals surface area contributed by atoms with Gasteiger partial charge in [0.2, 0.25) is 0 Å². The van der Waals surface area contributed by atoms with Crippen LogP contribution in [0.5, 0.6) is 0 Å². The van der Waals surface area contributed by atoms with Crippen LogP contribution in [0, 0.1) is 18.8 Å². The minimum Gasteiger partial charge on any atom is -1.00 e. The maximum Gasteiger partial charge on any atom is 1.00 e. The SMILES string of the molecule is Cc1[nH]c(C(=O)NC2[C@H]3CN(c4nc(CO)c(C(=O)O)s4)C[C@@H]23)c(Cl)c1Cl.[H-].[Li+]. The van der Waals surface area contributed by atoms with Crippen molar-refractivity contribution in [2.75, 3.05) is 18.0 Å². The van der Waals surface area contributed by atoms with Crippen LogP contribution in [0.4, 0.5) is 5.13 Å². The van der Waals surface area contributed by atoms with Crippen LogP contribution in [0.3, 0.4) is 0 Å². The summed E-state index contributed by atoms with van der Waals surface area (Å²) in [5, 5.41) is 22.6. The third-order valence-corrected chi connectivity index (χ3v) is 7.17. The summed E-state index contributed by atoms with van der Waals surface area (Å²) in [6, 6.07) is 0.0448. The predicted molar refractivity (Wildman–Crippen MR) is 102 cm³/mol. The molecule has 146 valence electrons. The molecule has 2 aromatic rings. The van der Waals surface area contributed by atoms with Crippen LogP contribution < -0.4 is 29.1 Å². The van der Waals surface area contributed by atoms with Crippen molar-refractivity contribution < 1.29 is 40.1 Å². The Bertz CT molecular complexity index is 944. The van der Waals surface area contributed by atoms with Crippen molar-refractivity contribution in [2.24, 2.45) is 11.8 Å². The summed E-state index contributed by atoms with van der Waals surface area (Å²) < 4.78 is 0. The number of aromatic carboxylic acids is 1. The van der Waals surface area contributed by atoms with Crippen molar-refractivity contribution in [1.29, 1.82) is 0 Å². The number of aromatic nitrogens is 2. The number of halogens is 2. The van der Waals surface area contributed by atoms with Crippen molar-refractivity contribution in [3.63, 3.8) is 0 Å². The normalized spacial score (nSPS) is 22.6. The van der Waals surface area contributed by atoms with E-state index in [-0.39, 0.29) is 65.4 Å². The fraction of sp³-hybridized carbons (Fsp3) is 0.438. The number of amides is 1. The van der Waals surface area contributed by atoms with Crippen molar-refractivity contribution in [2.45, 2.75) is 19.6 Å². The molecule has 1 amide bonds. The summed E-state index contributed by atoms with van der Waals surface area (Å²) in [5.41, 5.74) is 1.09. The van der Waals surface area contributed by atoms with Crippen molar-refractivity contribution in [3.8, 4) is 0 Å². The molecule has 12 heteroatoms. The monoisotopic (exact) mass is 438 g/mol. The summed E-state index contributed by atoms with van der Waals surface area (Å²) in [6.45, 7) is 2.68. The van der Waals surface area contributed by atoms with Crippen LogP contribution in [-0.2, 0) is 6.61 Å². The Kier molecular flexibility index (Phi) is 6.06. The molecule has 1 saturated carbocycles. The molecule has 4 rings (SSSR count). The number of hydrogen-bond acceptors (Lipinski definition) is 6. The average molecular weight is 439 g/mol. The van der Waals surface area contributed by atoms with E-state index in [9.17, 15) is 19.8 Å². The van der Waals surface area contributed by atoms with Crippen LogP contribution in [0.1, 0.15) is 33.0 Å². The number of carbonyl (C=O) groups excluding carboxylic acids is 1. The second-order valence-corrected chi connectivity index (χ2v) is 8.45. The first kappa shape index (κ1) is 21.5. The number of nitrogens with one attached hydrogen (secondary N) is 2. The van der Waals surface area contributed by atoms with E-state index in [4.69, 9.17) is 23.2 Å². The van der Waals surface area contributed by atoms with Crippen molar-refractivity contribution in [3.05, 3.63) is 32.0 Å². The number of nitrogens with zero attached hydrogens (tertiary/aromatic N) is 2. The largest absolute Gasteiger partial charge is 1.00 e. The van der Waals surface area contributed by atoms with Gasteiger partial charge in [0.1, 0.15) is 10.6 Å². The van der Waals surface area contributed by atoms with E-state index in [0.29, 0.717) is 28.9 Å². The zero-order chi connectivity index (χ0) is 19.5. The number of H-pyrrole nitrogens is 1. The molecule has 3 atom stereocenters. The molecule has 2 fully saturated rings. The molecule has 1 unspecified atom stereocenters. The molecule has 2 aromatic heterocycles. The quantitative estimate of drug-likeness (QED) is 0.456. The molecule has 0 spiro atoms. The van der Waals surface area contributed by atoms with E-state index in [1.54, 1.807) is 6.92 Å². The number of rotatable bonds is 5. The number of fused-ring (bicyclic) bond motifs is 1. The Labute approximate surface area is 187 Å². The number of carboxylic acids is 1. The van der Waals surface area contributed by atoms with Crippen LogP contribution in [0.25, 0.3) is 0 Å². The zero-order valence-corrected chi connectivity index (χ0v) is 17.5. The van der Waals surface area contributed by atoms with Crippen LogP contribution in [0.15, 0.2) is 0 Å². The molecule has 3 heterocycles. The maximum atomic E-state index is 12.4. The summed E-state index contributed by atoms with van der Waals surface area (Å²) in [5.74, 6) is -0.831. The van der Waals surface area contributed by atoms with Gasteiger partial charge in [0, 0.05) is 36.7 Å². The Balaban J connectivity index is 0.00000150. The summed E-state index contributed by atoms with van der Waals surface area (Å²) in [4.78, 5) is 32.8. The Morgan fingerprint density at radius 2 is 2.00 bits per heavy atom. The maximum absolute atomic E-state index is 12.4. The van der Waals surface area contributed by atoms with Gasteiger partial charge in [-0.3, -0.25) is 4.79 Å². The molecular weight excluding hydrogens is 422 g/mol. The van der Waals surface area contributed by atoms with E-state index < -0.39 is 12.6 Å². The van der Waals surface area contributed by atoms with Crippen molar-refractivity contribution >= 4 is 51.5 Å². The third kappa shape index (κ3) is 3.56. The molecule has 0 bridgehead atoms. The Morgan fingerprint density at radius 1 is 1.36 bits per heavy atom. The molecular formula is C16H17Cl2LiN4O4S. The van der Waals surface area contributed by atoms with E-state index >= 15 is 0 Å². The number of aromatic amines is 1. The second-order valence-electron chi connectivity index (χ2n) is 6.72. The van der Waals surface area contributed by atoms with E-state index in [0.717, 1.165) is 11.3 Å². The van der Waals surface area contributed by atoms with E-state index in [2.05, 4.69) is 15.3 Å². The van der Waals surface area contributed by atoms with Gasteiger partial charge in [0.15, 0.2) is 5.13 Å². The van der Waals surface area contributed by atoms with E-state index in [1.807, 2.05) is 4.90 Å². The topological polar surface area (TPSA) is 119 Å². The van der Waals surface area contributed by atoms with Gasteiger partial charge in [-0.15, -0.1) is 0 Å². The number of carbonyl (C=O) groups is 2. The fourth-order valence-electron chi connectivity index (χ4n) is 3.60. The number of carboxylic acid groups (broad SMARTS) is 1. The minimum absolute atomic E-state index is 0. The number of aryl methyl sites for hydroxylation is 1. The summed E-state index contributed by atoms with van der Waals surface area (Å²) in [7, 11) is 0. The molecule has 28 heavy (non-hydrogen) atoms. The molecule has 0 radical (unpaired) electrons.